The molecule has 1 N–H and O–H groups in total. The number of amides is 1. The van der Waals surface area contributed by atoms with E-state index in [1.54, 1.807) is 36.1 Å². The van der Waals surface area contributed by atoms with Crippen LogP contribution in [-0.4, -0.2) is 35.6 Å². The van der Waals surface area contributed by atoms with Gasteiger partial charge in [0.1, 0.15) is 0 Å². The van der Waals surface area contributed by atoms with Gasteiger partial charge in [0.15, 0.2) is 0 Å². The van der Waals surface area contributed by atoms with E-state index in [1.807, 2.05) is 12.1 Å². The van der Waals surface area contributed by atoms with E-state index in [9.17, 15) is 4.79 Å². The second-order valence-corrected chi connectivity index (χ2v) is 4.40. The number of thioether (sulfide) groups is 1. The lowest BCUT2D eigenvalue weighted by Gasteiger charge is -2.20. The van der Waals surface area contributed by atoms with Crippen molar-refractivity contribution in [3.05, 3.63) is 24.5 Å². The smallest absolute Gasteiger partial charge is 0.244 e. The summed E-state index contributed by atoms with van der Waals surface area (Å²) in [5.41, 5.74) is 0.883. The van der Waals surface area contributed by atoms with Crippen LogP contribution >= 0.6 is 11.8 Å². The standard InChI is InChI=1S/C10H13N3OS/c1-13(8-2-4-11-5-3-8)10(14)9-6-15-7-12-9/h2-5,9,12H,6-7H2,1H3. The predicted octanol–water partition coefficient (Wildman–Crippen LogP) is 0.707. The number of nitrogens with one attached hydrogen (secondary N) is 1. The summed E-state index contributed by atoms with van der Waals surface area (Å²) >= 11 is 1.75. The van der Waals surface area contributed by atoms with E-state index in [0.29, 0.717) is 0 Å². The second-order valence-electron chi connectivity index (χ2n) is 3.37. The Bertz CT molecular complexity index is 338. The molecule has 80 valence electrons. The zero-order chi connectivity index (χ0) is 10.7. The Morgan fingerprint density at radius 1 is 1.60 bits per heavy atom. The van der Waals surface area contributed by atoms with Crippen LogP contribution in [0.25, 0.3) is 0 Å². The normalized spacial score (nSPS) is 20.2. The molecule has 0 radical (unpaired) electrons. The molecular weight excluding hydrogens is 210 g/mol. The van der Waals surface area contributed by atoms with Gasteiger partial charge in [0.2, 0.25) is 5.91 Å². The summed E-state index contributed by atoms with van der Waals surface area (Å²) in [6.07, 6.45) is 3.38. The molecule has 2 rings (SSSR count). The fourth-order valence-corrected chi connectivity index (χ4v) is 2.42. The molecule has 0 bridgehead atoms. The molecule has 2 heterocycles. The minimum Gasteiger partial charge on any atom is -0.314 e. The van der Waals surface area contributed by atoms with Gasteiger partial charge in [-0.3, -0.25) is 15.1 Å². The lowest BCUT2D eigenvalue weighted by molar-refractivity contribution is -0.119. The lowest BCUT2D eigenvalue weighted by atomic mass is 10.2. The maximum absolute atomic E-state index is 12.0. The molecule has 0 aliphatic carbocycles. The fraction of sp³-hybridized carbons (Fsp3) is 0.400. The molecule has 1 amide bonds. The largest absolute Gasteiger partial charge is 0.314 e. The minimum absolute atomic E-state index is 0.0480. The highest BCUT2D eigenvalue weighted by molar-refractivity contribution is 7.99. The van der Waals surface area contributed by atoms with Crippen molar-refractivity contribution in [3.63, 3.8) is 0 Å². The molecule has 0 aromatic carbocycles. The maximum atomic E-state index is 12.0. The highest BCUT2D eigenvalue weighted by atomic mass is 32.2. The Morgan fingerprint density at radius 2 is 2.33 bits per heavy atom. The molecule has 1 atom stereocenters. The molecule has 5 heteroatoms. The summed E-state index contributed by atoms with van der Waals surface area (Å²) in [4.78, 5) is 17.6. The van der Waals surface area contributed by atoms with Gasteiger partial charge in [-0.25, -0.2) is 0 Å². The van der Waals surface area contributed by atoms with Gasteiger partial charge in [-0.05, 0) is 12.1 Å². The van der Waals surface area contributed by atoms with Crippen LogP contribution in [0.3, 0.4) is 0 Å². The number of carbonyl (C=O) groups is 1. The number of rotatable bonds is 2. The van der Waals surface area contributed by atoms with E-state index in [2.05, 4.69) is 10.3 Å². The van der Waals surface area contributed by atoms with Crippen molar-refractivity contribution in [3.8, 4) is 0 Å². The molecule has 4 nitrogen and oxygen atoms in total. The van der Waals surface area contributed by atoms with Gasteiger partial charge >= 0.3 is 0 Å². The van der Waals surface area contributed by atoms with Crippen molar-refractivity contribution >= 4 is 23.4 Å². The lowest BCUT2D eigenvalue weighted by Crippen LogP contribution is -2.43. The summed E-state index contributed by atoms with van der Waals surface area (Å²) in [7, 11) is 1.79. The number of anilines is 1. The number of carbonyl (C=O) groups excluding carboxylic acids is 1. The summed E-state index contributed by atoms with van der Waals surface area (Å²) in [5, 5.41) is 3.16. The van der Waals surface area contributed by atoms with Gasteiger partial charge in [0.25, 0.3) is 0 Å². The van der Waals surface area contributed by atoms with Crippen LogP contribution in [0.4, 0.5) is 5.69 Å². The Labute approximate surface area is 93.1 Å². The van der Waals surface area contributed by atoms with E-state index < -0.39 is 0 Å². The van der Waals surface area contributed by atoms with Crippen LogP contribution < -0.4 is 10.2 Å². The third-order valence-corrected chi connectivity index (χ3v) is 3.33. The van der Waals surface area contributed by atoms with E-state index in [4.69, 9.17) is 0 Å². The number of aromatic nitrogens is 1. The van der Waals surface area contributed by atoms with Gasteiger partial charge in [0.05, 0.1) is 6.04 Å². The predicted molar refractivity (Wildman–Crippen MR) is 61.9 cm³/mol. The SMILES string of the molecule is CN(C(=O)C1CSCN1)c1ccncc1. The van der Waals surface area contributed by atoms with Gasteiger partial charge in [-0.2, -0.15) is 0 Å². The quantitative estimate of drug-likeness (QED) is 0.802. The van der Waals surface area contributed by atoms with Crippen molar-refractivity contribution in [1.82, 2.24) is 10.3 Å². The molecule has 0 spiro atoms. The summed E-state index contributed by atoms with van der Waals surface area (Å²) in [5.74, 6) is 1.83. The van der Waals surface area contributed by atoms with Crippen molar-refractivity contribution in [2.24, 2.45) is 0 Å². The molecular formula is C10H13N3OS. The van der Waals surface area contributed by atoms with Crippen LogP contribution in [0.1, 0.15) is 0 Å². The average Bonchev–Trinajstić information content (AvgIpc) is 2.82. The Kier molecular flexibility index (Phi) is 3.23. The van der Waals surface area contributed by atoms with Gasteiger partial charge in [-0.15, -0.1) is 11.8 Å². The first kappa shape index (κ1) is 10.4. The van der Waals surface area contributed by atoms with E-state index in [0.717, 1.165) is 17.3 Å². The van der Waals surface area contributed by atoms with E-state index in [1.165, 1.54) is 0 Å². The zero-order valence-electron chi connectivity index (χ0n) is 8.51. The summed E-state index contributed by atoms with van der Waals surface area (Å²) in [6.45, 7) is 0. The first-order valence-electron chi connectivity index (χ1n) is 4.78. The molecule has 1 aliphatic rings. The first-order valence-corrected chi connectivity index (χ1v) is 5.93. The van der Waals surface area contributed by atoms with Crippen molar-refractivity contribution in [2.75, 3.05) is 23.6 Å². The van der Waals surface area contributed by atoms with Crippen LogP contribution in [0.15, 0.2) is 24.5 Å². The van der Waals surface area contributed by atoms with E-state index >= 15 is 0 Å². The summed E-state index contributed by atoms with van der Waals surface area (Å²) < 4.78 is 0. The number of pyridine rings is 1. The van der Waals surface area contributed by atoms with Gasteiger partial charge < -0.3 is 4.90 Å². The van der Waals surface area contributed by atoms with Crippen LogP contribution in [0.5, 0.6) is 0 Å². The third-order valence-electron chi connectivity index (χ3n) is 2.40. The van der Waals surface area contributed by atoms with Crippen LogP contribution in [0, 0.1) is 0 Å². The monoisotopic (exact) mass is 223 g/mol. The molecule has 0 saturated carbocycles. The number of hydrogen-bond donors (Lipinski definition) is 1. The molecule has 1 saturated heterocycles. The molecule has 1 fully saturated rings. The molecule has 1 aliphatic heterocycles. The van der Waals surface area contributed by atoms with Crippen molar-refractivity contribution in [2.45, 2.75) is 6.04 Å². The van der Waals surface area contributed by atoms with Crippen LogP contribution in [0.2, 0.25) is 0 Å². The van der Waals surface area contributed by atoms with Gasteiger partial charge in [-0.1, -0.05) is 0 Å². The highest BCUT2D eigenvalue weighted by Gasteiger charge is 2.25. The Morgan fingerprint density at radius 3 is 2.93 bits per heavy atom. The second kappa shape index (κ2) is 4.63. The topological polar surface area (TPSA) is 45.2 Å². The average molecular weight is 223 g/mol. The maximum Gasteiger partial charge on any atom is 0.244 e. The Balaban J connectivity index is 2.07. The number of likely N-dealkylation sites (N-methyl/N-ethyl adjacent to an activating group) is 1. The summed E-state index contributed by atoms with van der Waals surface area (Å²) in [6, 6.07) is 3.62. The first-order chi connectivity index (χ1) is 7.29. The van der Waals surface area contributed by atoms with Crippen molar-refractivity contribution in [1.29, 1.82) is 0 Å². The van der Waals surface area contributed by atoms with Gasteiger partial charge in [0, 0.05) is 36.8 Å². The van der Waals surface area contributed by atoms with Crippen molar-refractivity contribution < 1.29 is 4.79 Å². The number of hydrogen-bond acceptors (Lipinski definition) is 4. The zero-order valence-corrected chi connectivity index (χ0v) is 9.33. The molecule has 1 unspecified atom stereocenters. The van der Waals surface area contributed by atoms with E-state index in [-0.39, 0.29) is 11.9 Å². The highest BCUT2D eigenvalue weighted by Crippen LogP contribution is 2.16. The van der Waals surface area contributed by atoms with Crippen LogP contribution in [-0.2, 0) is 4.79 Å². The molecule has 1 aromatic heterocycles. The molecule has 15 heavy (non-hydrogen) atoms. The minimum atomic E-state index is -0.0480. The Hall–Kier alpha value is -1.07. The fourth-order valence-electron chi connectivity index (χ4n) is 1.48. The molecule has 1 aromatic rings. The third kappa shape index (κ3) is 2.30. The number of nitrogens with zero attached hydrogens (tertiary/aromatic N) is 2.